The summed E-state index contributed by atoms with van der Waals surface area (Å²) in [5.74, 6) is -0.915. The molecule has 2 aliphatic heterocycles. The number of nitrogens with zero attached hydrogens (tertiary/aromatic N) is 1. The molecule has 0 aromatic heterocycles. The molecule has 2 N–H and O–H groups in total. The van der Waals surface area contributed by atoms with Gasteiger partial charge in [0, 0.05) is 13.0 Å². The number of aliphatic hydroxyl groups excluding tert-OH is 1. The van der Waals surface area contributed by atoms with E-state index in [1.54, 1.807) is 31.2 Å². The summed E-state index contributed by atoms with van der Waals surface area (Å²) in [6.07, 6.45) is -2.19. The molecular weight excluding hydrogens is 356 g/mol. The Bertz CT molecular complexity index is 738. The van der Waals surface area contributed by atoms with E-state index in [9.17, 15) is 19.5 Å². The molecular formula is C18H22N2O7. The fraction of sp³-hybridized carbons (Fsp3) is 0.500. The van der Waals surface area contributed by atoms with Crippen LogP contribution in [-0.2, 0) is 14.3 Å². The van der Waals surface area contributed by atoms with E-state index in [1.807, 2.05) is 0 Å². The quantitative estimate of drug-likeness (QED) is 0.718. The second kappa shape index (κ2) is 7.93. The topological polar surface area (TPSA) is 114 Å². The second-order valence-electron chi connectivity index (χ2n) is 6.58. The smallest absolute Gasteiger partial charge is 0.342 e. The number of aliphatic hydroxyl groups is 1. The van der Waals surface area contributed by atoms with E-state index in [-0.39, 0.29) is 37.0 Å². The van der Waals surface area contributed by atoms with E-state index in [0.717, 1.165) is 0 Å². The predicted octanol–water partition coefficient (Wildman–Crippen LogP) is 0.516. The highest BCUT2D eigenvalue weighted by Crippen LogP contribution is 2.26. The molecule has 2 fully saturated rings. The van der Waals surface area contributed by atoms with Gasteiger partial charge in [-0.2, -0.15) is 0 Å². The molecule has 1 unspecified atom stereocenters. The molecule has 146 valence electrons. The maximum Gasteiger partial charge on any atom is 0.342 e. The van der Waals surface area contributed by atoms with Gasteiger partial charge >= 0.3 is 12.0 Å². The second-order valence-corrected chi connectivity index (χ2v) is 6.58. The van der Waals surface area contributed by atoms with Crippen LogP contribution in [0.15, 0.2) is 24.3 Å². The van der Waals surface area contributed by atoms with Crippen LogP contribution >= 0.6 is 0 Å². The molecule has 0 bridgehead atoms. The minimum atomic E-state index is -0.902. The first kappa shape index (κ1) is 19.1. The molecule has 2 heterocycles. The monoisotopic (exact) mass is 378 g/mol. The third-order valence-electron chi connectivity index (χ3n) is 4.67. The molecule has 9 nitrogen and oxygen atoms in total. The number of methoxy groups -OCH3 is 1. The molecule has 0 radical (unpaired) electrons. The number of amides is 3. The van der Waals surface area contributed by atoms with Crippen LogP contribution in [0.1, 0.15) is 23.7 Å². The number of para-hydroxylation sites is 1. The third kappa shape index (κ3) is 4.04. The summed E-state index contributed by atoms with van der Waals surface area (Å²) in [7, 11) is 1.45. The van der Waals surface area contributed by atoms with Crippen LogP contribution in [0.3, 0.4) is 0 Å². The van der Waals surface area contributed by atoms with Crippen molar-refractivity contribution in [3.63, 3.8) is 0 Å². The fourth-order valence-electron chi connectivity index (χ4n) is 3.12. The van der Waals surface area contributed by atoms with Gasteiger partial charge in [0.15, 0.2) is 0 Å². The van der Waals surface area contributed by atoms with Crippen LogP contribution in [0.2, 0.25) is 0 Å². The van der Waals surface area contributed by atoms with Crippen LogP contribution in [0.5, 0.6) is 5.75 Å². The number of benzene rings is 1. The van der Waals surface area contributed by atoms with Gasteiger partial charge in [-0.1, -0.05) is 19.1 Å². The molecule has 9 heteroatoms. The standard InChI is InChI=1S/C18H22N2O7/c1-10-8-20(18(24)19-16(10)22)15-7-12(21)14(27-15)9-26-17(23)11-5-3-4-6-13(11)25-2/h3-6,10,12,14-15,21H,7-9H2,1-2H3,(H,19,22,24)/t10?,12-,14+,15+/m0/s1. The Kier molecular flexibility index (Phi) is 5.62. The van der Waals surface area contributed by atoms with Crippen molar-refractivity contribution in [1.29, 1.82) is 0 Å². The molecule has 0 saturated carbocycles. The van der Waals surface area contributed by atoms with E-state index < -0.39 is 30.4 Å². The van der Waals surface area contributed by atoms with Gasteiger partial charge in [0.2, 0.25) is 5.91 Å². The maximum atomic E-state index is 12.3. The van der Waals surface area contributed by atoms with Crippen molar-refractivity contribution in [2.45, 2.75) is 31.8 Å². The van der Waals surface area contributed by atoms with Crippen molar-refractivity contribution in [2.75, 3.05) is 20.3 Å². The first-order valence-electron chi connectivity index (χ1n) is 8.65. The largest absolute Gasteiger partial charge is 0.496 e. The van der Waals surface area contributed by atoms with E-state index in [1.165, 1.54) is 12.0 Å². The zero-order valence-electron chi connectivity index (χ0n) is 15.1. The van der Waals surface area contributed by atoms with Crippen molar-refractivity contribution in [3.8, 4) is 5.75 Å². The van der Waals surface area contributed by atoms with Gasteiger partial charge < -0.3 is 19.3 Å². The highest BCUT2D eigenvalue weighted by Gasteiger charge is 2.42. The lowest BCUT2D eigenvalue weighted by atomic mass is 10.1. The van der Waals surface area contributed by atoms with Gasteiger partial charge in [-0.15, -0.1) is 0 Å². The molecule has 4 atom stereocenters. The molecule has 3 rings (SSSR count). The zero-order valence-corrected chi connectivity index (χ0v) is 15.1. The highest BCUT2D eigenvalue weighted by molar-refractivity contribution is 5.97. The van der Waals surface area contributed by atoms with Crippen LogP contribution in [0.25, 0.3) is 0 Å². The number of carbonyl (C=O) groups excluding carboxylic acids is 3. The van der Waals surface area contributed by atoms with Crippen LogP contribution in [0.4, 0.5) is 4.79 Å². The lowest BCUT2D eigenvalue weighted by Gasteiger charge is -2.34. The molecule has 2 saturated heterocycles. The average Bonchev–Trinajstić information content (AvgIpc) is 3.03. The molecule has 2 aliphatic rings. The van der Waals surface area contributed by atoms with Gasteiger partial charge in [-0.05, 0) is 12.1 Å². The predicted molar refractivity (Wildman–Crippen MR) is 92.0 cm³/mol. The SMILES string of the molecule is COc1ccccc1C(=O)OC[C@H]1O[C@@H](N2CC(C)C(=O)NC2=O)C[C@@H]1O. The van der Waals surface area contributed by atoms with Gasteiger partial charge in [0.25, 0.3) is 0 Å². The molecule has 1 aromatic rings. The Morgan fingerprint density at radius 3 is 2.85 bits per heavy atom. The highest BCUT2D eigenvalue weighted by atomic mass is 16.6. The lowest BCUT2D eigenvalue weighted by molar-refractivity contribution is -0.128. The maximum absolute atomic E-state index is 12.3. The molecule has 27 heavy (non-hydrogen) atoms. The summed E-state index contributed by atoms with van der Waals surface area (Å²) in [4.78, 5) is 37.2. The number of imide groups is 1. The lowest BCUT2D eigenvalue weighted by Crippen LogP contribution is -2.57. The molecule has 0 spiro atoms. The van der Waals surface area contributed by atoms with E-state index in [4.69, 9.17) is 14.2 Å². The number of rotatable bonds is 5. The average molecular weight is 378 g/mol. The van der Waals surface area contributed by atoms with Gasteiger partial charge in [0.05, 0.1) is 19.1 Å². The number of esters is 1. The Morgan fingerprint density at radius 1 is 1.37 bits per heavy atom. The van der Waals surface area contributed by atoms with E-state index in [2.05, 4.69) is 5.32 Å². The summed E-state index contributed by atoms with van der Waals surface area (Å²) in [5, 5.41) is 12.5. The van der Waals surface area contributed by atoms with Crippen molar-refractivity contribution in [1.82, 2.24) is 10.2 Å². The number of hydrogen-bond donors (Lipinski definition) is 2. The summed E-state index contributed by atoms with van der Waals surface area (Å²) in [6, 6.07) is 6.09. The first-order valence-corrected chi connectivity index (χ1v) is 8.65. The minimum Gasteiger partial charge on any atom is -0.496 e. The number of carbonyl (C=O) groups is 3. The summed E-state index contributed by atoms with van der Waals surface area (Å²) in [5.41, 5.74) is 0.270. The molecule has 3 amide bonds. The van der Waals surface area contributed by atoms with E-state index in [0.29, 0.717) is 5.75 Å². The number of hydrogen-bond acceptors (Lipinski definition) is 7. The number of ether oxygens (including phenoxy) is 3. The Balaban J connectivity index is 1.58. The first-order chi connectivity index (χ1) is 12.9. The van der Waals surface area contributed by atoms with Crippen molar-refractivity contribution >= 4 is 17.9 Å². The van der Waals surface area contributed by atoms with Crippen molar-refractivity contribution < 1.29 is 33.7 Å². The normalized spacial score (nSPS) is 28.0. The van der Waals surface area contributed by atoms with Crippen molar-refractivity contribution in [2.24, 2.45) is 5.92 Å². The van der Waals surface area contributed by atoms with Gasteiger partial charge in [-0.3, -0.25) is 15.0 Å². The Labute approximate surface area is 156 Å². The third-order valence-corrected chi connectivity index (χ3v) is 4.67. The van der Waals surface area contributed by atoms with Crippen LogP contribution in [-0.4, -0.2) is 66.6 Å². The van der Waals surface area contributed by atoms with Crippen molar-refractivity contribution in [3.05, 3.63) is 29.8 Å². The van der Waals surface area contributed by atoms with E-state index >= 15 is 0 Å². The molecule has 0 aliphatic carbocycles. The Morgan fingerprint density at radius 2 is 2.11 bits per heavy atom. The summed E-state index contributed by atoms with van der Waals surface area (Å²) >= 11 is 0. The zero-order chi connectivity index (χ0) is 19.6. The molecule has 1 aromatic carbocycles. The number of nitrogens with one attached hydrogen (secondary N) is 1. The fourth-order valence-corrected chi connectivity index (χ4v) is 3.12. The number of urea groups is 1. The van der Waals surface area contributed by atoms with Gasteiger partial charge in [0.1, 0.15) is 30.3 Å². The summed E-state index contributed by atoms with van der Waals surface area (Å²) in [6.45, 7) is 1.74. The summed E-state index contributed by atoms with van der Waals surface area (Å²) < 4.78 is 16.1. The Hall–Kier alpha value is -2.65. The van der Waals surface area contributed by atoms with Gasteiger partial charge in [-0.25, -0.2) is 9.59 Å². The van der Waals surface area contributed by atoms with Crippen LogP contribution < -0.4 is 10.1 Å². The van der Waals surface area contributed by atoms with Crippen LogP contribution in [0, 0.1) is 5.92 Å². The minimum absolute atomic E-state index is 0.168.